The zero-order valence-electron chi connectivity index (χ0n) is 21.7. The summed E-state index contributed by atoms with van der Waals surface area (Å²) in [6, 6.07) is 12.9. The maximum Gasteiger partial charge on any atom is 0.244 e. The van der Waals surface area contributed by atoms with E-state index in [1.165, 1.54) is 11.0 Å². The summed E-state index contributed by atoms with van der Waals surface area (Å²) in [6.45, 7) is 1.54. The summed E-state index contributed by atoms with van der Waals surface area (Å²) in [5, 5.41) is 3.48. The summed E-state index contributed by atoms with van der Waals surface area (Å²) in [6.07, 6.45) is 6.57. The van der Waals surface area contributed by atoms with Gasteiger partial charge in [-0.25, -0.2) is 8.42 Å². The van der Waals surface area contributed by atoms with E-state index < -0.39 is 28.5 Å². The van der Waals surface area contributed by atoms with Crippen molar-refractivity contribution in [3.05, 3.63) is 59.1 Å². The number of ether oxygens (including phenoxy) is 1. The lowest BCUT2D eigenvalue weighted by atomic mass is 9.95. The zero-order chi connectivity index (χ0) is 27.0. The first-order valence-corrected chi connectivity index (χ1v) is 14.8. The van der Waals surface area contributed by atoms with Crippen LogP contribution in [0, 0.1) is 0 Å². The Balaban J connectivity index is 1.91. The predicted molar refractivity (Wildman–Crippen MR) is 146 cm³/mol. The smallest absolute Gasteiger partial charge is 0.244 e. The fourth-order valence-corrected chi connectivity index (χ4v) is 5.66. The number of rotatable bonds is 11. The molecule has 2 aromatic carbocycles. The van der Waals surface area contributed by atoms with Crippen molar-refractivity contribution in [3.63, 3.8) is 0 Å². The van der Waals surface area contributed by atoms with E-state index in [4.69, 9.17) is 16.3 Å². The molecule has 1 N–H and O–H groups in total. The van der Waals surface area contributed by atoms with Crippen molar-refractivity contribution in [2.45, 2.75) is 64.1 Å². The number of anilines is 1. The van der Waals surface area contributed by atoms with Gasteiger partial charge in [-0.3, -0.25) is 13.9 Å². The quantitative estimate of drug-likeness (QED) is 0.449. The molecule has 202 valence electrons. The summed E-state index contributed by atoms with van der Waals surface area (Å²) in [7, 11) is -2.24. The van der Waals surface area contributed by atoms with Gasteiger partial charge in [-0.2, -0.15) is 0 Å². The molecule has 1 saturated carbocycles. The maximum absolute atomic E-state index is 13.8. The van der Waals surface area contributed by atoms with Crippen LogP contribution in [0.5, 0.6) is 5.75 Å². The van der Waals surface area contributed by atoms with E-state index in [1.807, 2.05) is 19.1 Å². The van der Waals surface area contributed by atoms with Crippen LogP contribution in [-0.2, 0) is 26.2 Å². The highest BCUT2D eigenvalue weighted by atomic mass is 35.5. The summed E-state index contributed by atoms with van der Waals surface area (Å²) >= 11 is 6.10. The fourth-order valence-electron chi connectivity index (χ4n) is 4.64. The third kappa shape index (κ3) is 8.10. The van der Waals surface area contributed by atoms with Crippen molar-refractivity contribution in [1.29, 1.82) is 0 Å². The topological polar surface area (TPSA) is 96.0 Å². The molecule has 1 atom stereocenters. The molecule has 2 aromatic rings. The minimum absolute atomic E-state index is 0.0900. The number of amides is 2. The minimum atomic E-state index is -3.81. The van der Waals surface area contributed by atoms with E-state index in [1.54, 1.807) is 37.4 Å². The first kappa shape index (κ1) is 28.8. The molecule has 3 rings (SSSR count). The van der Waals surface area contributed by atoms with Crippen molar-refractivity contribution >= 4 is 39.1 Å². The number of carbonyl (C=O) groups is 2. The average molecular weight is 550 g/mol. The number of sulfonamides is 1. The molecule has 1 unspecified atom stereocenters. The second-order valence-electron chi connectivity index (χ2n) is 9.39. The van der Waals surface area contributed by atoms with Gasteiger partial charge in [0.05, 0.1) is 19.1 Å². The Kier molecular flexibility index (Phi) is 10.2. The zero-order valence-corrected chi connectivity index (χ0v) is 23.2. The Labute approximate surface area is 225 Å². The number of hydrogen-bond acceptors (Lipinski definition) is 5. The lowest BCUT2D eigenvalue weighted by Gasteiger charge is -2.34. The number of carbonyl (C=O) groups excluding carboxylic acids is 2. The molecule has 0 aromatic heterocycles. The minimum Gasteiger partial charge on any atom is -0.497 e. The Morgan fingerprint density at radius 1 is 1.11 bits per heavy atom. The number of methoxy groups -OCH3 is 1. The molecule has 1 aliphatic carbocycles. The van der Waals surface area contributed by atoms with Gasteiger partial charge in [-0.15, -0.1) is 0 Å². The van der Waals surface area contributed by atoms with Crippen LogP contribution in [-0.4, -0.2) is 57.1 Å². The molecule has 0 heterocycles. The van der Waals surface area contributed by atoms with Crippen LogP contribution in [0.15, 0.2) is 48.5 Å². The van der Waals surface area contributed by atoms with Crippen LogP contribution >= 0.6 is 11.6 Å². The third-order valence-corrected chi connectivity index (χ3v) is 8.00. The fraction of sp³-hybridized carbons (Fsp3) is 0.481. The highest BCUT2D eigenvalue weighted by Gasteiger charge is 2.32. The standard InChI is InChI=1S/C27H36ClN3O5S/c1-4-25(27(33)29-22-10-6-5-7-11-22)30(18-20-13-15-24(36-2)16-14-20)26(32)19-31(37(3,34)35)23-12-8-9-21(28)17-23/h8-9,12-17,22,25H,4-7,10-11,18-19H2,1-3H3,(H,29,33). The van der Waals surface area contributed by atoms with E-state index in [2.05, 4.69) is 5.32 Å². The highest BCUT2D eigenvalue weighted by Crippen LogP contribution is 2.24. The number of hydrogen-bond donors (Lipinski definition) is 1. The normalized spacial score (nSPS) is 15.0. The van der Waals surface area contributed by atoms with Crippen molar-refractivity contribution < 1.29 is 22.7 Å². The molecule has 8 nitrogen and oxygen atoms in total. The maximum atomic E-state index is 13.8. The van der Waals surface area contributed by atoms with Gasteiger partial charge < -0.3 is 15.0 Å². The van der Waals surface area contributed by atoms with Crippen molar-refractivity contribution in [2.75, 3.05) is 24.2 Å². The van der Waals surface area contributed by atoms with Gasteiger partial charge in [-0.1, -0.05) is 56.0 Å². The van der Waals surface area contributed by atoms with Gasteiger partial charge in [0.2, 0.25) is 21.8 Å². The molecular weight excluding hydrogens is 514 g/mol. The molecule has 0 saturated heterocycles. The van der Waals surface area contributed by atoms with E-state index >= 15 is 0 Å². The van der Waals surface area contributed by atoms with Crippen molar-refractivity contribution in [3.8, 4) is 5.75 Å². The highest BCUT2D eigenvalue weighted by molar-refractivity contribution is 7.92. The molecule has 0 bridgehead atoms. The second-order valence-corrected chi connectivity index (χ2v) is 11.7. The number of nitrogens with zero attached hydrogens (tertiary/aromatic N) is 2. The van der Waals surface area contributed by atoms with Crippen LogP contribution in [0.2, 0.25) is 5.02 Å². The Morgan fingerprint density at radius 2 is 1.78 bits per heavy atom. The lowest BCUT2D eigenvalue weighted by Crippen LogP contribution is -2.53. The first-order chi connectivity index (χ1) is 17.6. The molecule has 1 aliphatic rings. The van der Waals surface area contributed by atoms with E-state index in [0.29, 0.717) is 17.2 Å². The molecule has 0 radical (unpaired) electrons. The molecule has 2 amide bonds. The first-order valence-electron chi connectivity index (χ1n) is 12.6. The molecule has 37 heavy (non-hydrogen) atoms. The Hall–Kier alpha value is -2.78. The molecule has 0 spiro atoms. The Morgan fingerprint density at radius 3 is 2.35 bits per heavy atom. The monoisotopic (exact) mass is 549 g/mol. The van der Waals surface area contributed by atoms with E-state index in [9.17, 15) is 18.0 Å². The van der Waals surface area contributed by atoms with Crippen molar-refractivity contribution in [2.24, 2.45) is 0 Å². The largest absolute Gasteiger partial charge is 0.497 e. The van der Waals surface area contributed by atoms with Crippen LogP contribution in [0.1, 0.15) is 51.0 Å². The van der Waals surface area contributed by atoms with Gasteiger partial charge in [0.1, 0.15) is 18.3 Å². The summed E-state index contributed by atoms with van der Waals surface area (Å²) < 4.78 is 31.6. The SMILES string of the molecule is CCC(C(=O)NC1CCCCC1)N(Cc1ccc(OC)cc1)C(=O)CN(c1cccc(Cl)c1)S(C)(=O)=O. The van der Waals surface area contributed by atoms with Gasteiger partial charge in [-0.05, 0) is 55.2 Å². The van der Waals surface area contributed by atoms with Gasteiger partial charge in [0, 0.05) is 17.6 Å². The summed E-state index contributed by atoms with van der Waals surface area (Å²) in [5.74, 6) is -0.0234. The van der Waals surface area contributed by atoms with Crippen LogP contribution in [0.4, 0.5) is 5.69 Å². The van der Waals surface area contributed by atoms with E-state index in [-0.39, 0.29) is 24.2 Å². The summed E-state index contributed by atoms with van der Waals surface area (Å²) in [4.78, 5) is 28.6. The average Bonchev–Trinajstić information content (AvgIpc) is 2.87. The number of nitrogens with one attached hydrogen (secondary N) is 1. The van der Waals surface area contributed by atoms with Crippen LogP contribution in [0.25, 0.3) is 0 Å². The third-order valence-electron chi connectivity index (χ3n) is 6.62. The molecule has 0 aliphatic heterocycles. The van der Waals surface area contributed by atoms with Gasteiger partial charge in [0.25, 0.3) is 0 Å². The number of benzene rings is 2. The second kappa shape index (κ2) is 13.1. The molecule has 10 heteroatoms. The summed E-state index contributed by atoms with van der Waals surface area (Å²) in [5.41, 5.74) is 1.08. The van der Waals surface area contributed by atoms with Gasteiger partial charge >= 0.3 is 0 Å². The molecule has 1 fully saturated rings. The van der Waals surface area contributed by atoms with Crippen LogP contribution < -0.4 is 14.4 Å². The Bertz CT molecular complexity index is 1170. The van der Waals surface area contributed by atoms with Gasteiger partial charge in [0.15, 0.2) is 0 Å². The van der Waals surface area contributed by atoms with E-state index in [0.717, 1.165) is 48.2 Å². The molecular formula is C27H36ClN3O5S. The predicted octanol–water partition coefficient (Wildman–Crippen LogP) is 4.37. The number of halogens is 1. The van der Waals surface area contributed by atoms with Crippen molar-refractivity contribution in [1.82, 2.24) is 10.2 Å². The lowest BCUT2D eigenvalue weighted by molar-refractivity contribution is -0.140. The van der Waals surface area contributed by atoms with Crippen LogP contribution in [0.3, 0.4) is 0 Å².